The molecule has 0 bridgehead atoms. The summed E-state index contributed by atoms with van der Waals surface area (Å²) in [4.78, 5) is 4.49. The number of aliphatic hydroxyl groups excluding tert-OH is 1. The minimum atomic E-state index is -0.616. The van der Waals surface area contributed by atoms with Gasteiger partial charge in [0.05, 0.1) is 18.8 Å². The highest BCUT2D eigenvalue weighted by Gasteiger charge is 2.33. The fourth-order valence-electron chi connectivity index (χ4n) is 2.34. The second-order valence-electron chi connectivity index (χ2n) is 6.43. The van der Waals surface area contributed by atoms with Crippen molar-refractivity contribution in [2.45, 2.75) is 52.4 Å². The van der Waals surface area contributed by atoms with Crippen molar-refractivity contribution in [1.82, 2.24) is 10.6 Å². The normalized spacial score (nSPS) is 21.9. The number of nitrogens with zero attached hydrogens (tertiary/aromatic N) is 1. The Kier molecular flexibility index (Phi) is 6.28. The fraction of sp³-hybridized carbons (Fsp3) is 0.611. The summed E-state index contributed by atoms with van der Waals surface area (Å²) < 4.78 is 5.61. The van der Waals surface area contributed by atoms with Crippen LogP contribution < -0.4 is 15.4 Å². The van der Waals surface area contributed by atoms with Gasteiger partial charge in [0.15, 0.2) is 5.96 Å². The van der Waals surface area contributed by atoms with E-state index in [0.717, 1.165) is 23.8 Å². The van der Waals surface area contributed by atoms with E-state index in [1.807, 2.05) is 45.0 Å². The van der Waals surface area contributed by atoms with Gasteiger partial charge in [0.2, 0.25) is 0 Å². The molecule has 1 fully saturated rings. The molecule has 0 heterocycles. The lowest BCUT2D eigenvalue weighted by molar-refractivity contribution is 0.186. The van der Waals surface area contributed by atoms with Crippen molar-refractivity contribution in [3.05, 3.63) is 29.8 Å². The first-order valence-electron chi connectivity index (χ1n) is 8.49. The number of ether oxygens (including phenoxy) is 1. The zero-order chi connectivity index (χ0) is 16.8. The summed E-state index contributed by atoms with van der Waals surface area (Å²) in [6.45, 7) is 9.39. The van der Waals surface area contributed by atoms with Crippen LogP contribution in [0, 0.1) is 5.92 Å². The van der Waals surface area contributed by atoms with Crippen LogP contribution in [0.15, 0.2) is 29.3 Å². The smallest absolute Gasteiger partial charge is 0.191 e. The second kappa shape index (κ2) is 8.20. The molecule has 128 valence electrons. The zero-order valence-corrected chi connectivity index (χ0v) is 14.5. The summed E-state index contributed by atoms with van der Waals surface area (Å²) in [6, 6.07) is 8.06. The highest BCUT2D eigenvalue weighted by molar-refractivity contribution is 5.80. The largest absolute Gasteiger partial charge is 0.491 e. The van der Waals surface area contributed by atoms with Crippen molar-refractivity contribution < 1.29 is 9.84 Å². The monoisotopic (exact) mass is 319 g/mol. The summed E-state index contributed by atoms with van der Waals surface area (Å²) in [5.41, 5.74) is 0.848. The van der Waals surface area contributed by atoms with E-state index >= 15 is 0 Å². The Morgan fingerprint density at radius 3 is 2.52 bits per heavy atom. The van der Waals surface area contributed by atoms with Crippen LogP contribution in [0.2, 0.25) is 0 Å². The summed E-state index contributed by atoms with van der Waals surface area (Å²) in [5.74, 6) is 2.30. The Hall–Kier alpha value is -1.75. The highest BCUT2D eigenvalue weighted by atomic mass is 16.5. The maximum absolute atomic E-state index is 10.3. The molecule has 23 heavy (non-hydrogen) atoms. The van der Waals surface area contributed by atoms with E-state index in [-0.39, 0.29) is 6.10 Å². The molecule has 5 heteroatoms. The molecule has 1 saturated carbocycles. The molecule has 2 rings (SSSR count). The van der Waals surface area contributed by atoms with Crippen LogP contribution in [0.5, 0.6) is 5.75 Å². The molecule has 5 nitrogen and oxygen atoms in total. The predicted molar refractivity (Wildman–Crippen MR) is 93.8 cm³/mol. The summed E-state index contributed by atoms with van der Waals surface area (Å²) in [7, 11) is 0. The standard InChI is InChI=1S/C18H29N3O2/c1-5-19-18(21-16-10-13(16)4)20-11-17(22)14-6-8-15(9-7-14)23-12(2)3/h6-9,12-13,16-17,22H,5,10-11H2,1-4H3,(H2,19,20,21). The number of hydrogen-bond donors (Lipinski definition) is 3. The average molecular weight is 319 g/mol. The van der Waals surface area contributed by atoms with Crippen molar-refractivity contribution in [1.29, 1.82) is 0 Å². The molecule has 0 aromatic heterocycles. The van der Waals surface area contributed by atoms with E-state index < -0.39 is 6.10 Å². The Morgan fingerprint density at radius 1 is 1.35 bits per heavy atom. The van der Waals surface area contributed by atoms with Crippen LogP contribution in [0.4, 0.5) is 0 Å². The number of hydrogen-bond acceptors (Lipinski definition) is 3. The number of benzene rings is 1. The topological polar surface area (TPSA) is 65.9 Å². The third-order valence-corrected chi connectivity index (χ3v) is 3.83. The van der Waals surface area contributed by atoms with Crippen molar-refractivity contribution in [2.24, 2.45) is 10.9 Å². The van der Waals surface area contributed by atoms with Gasteiger partial charge in [-0.1, -0.05) is 19.1 Å². The van der Waals surface area contributed by atoms with Gasteiger partial charge >= 0.3 is 0 Å². The van der Waals surface area contributed by atoms with Gasteiger partial charge in [-0.2, -0.15) is 0 Å². The van der Waals surface area contributed by atoms with Crippen LogP contribution in [-0.2, 0) is 0 Å². The molecule has 0 radical (unpaired) electrons. The van der Waals surface area contributed by atoms with Gasteiger partial charge in [0.1, 0.15) is 5.75 Å². The number of aliphatic hydroxyl groups is 1. The quantitative estimate of drug-likeness (QED) is 0.533. The molecule has 1 aromatic rings. The van der Waals surface area contributed by atoms with E-state index in [9.17, 15) is 5.11 Å². The lowest BCUT2D eigenvalue weighted by Crippen LogP contribution is -2.39. The maximum atomic E-state index is 10.3. The van der Waals surface area contributed by atoms with E-state index in [4.69, 9.17) is 4.74 Å². The summed E-state index contributed by atoms with van der Waals surface area (Å²) in [5, 5.41) is 16.9. The maximum Gasteiger partial charge on any atom is 0.191 e. The van der Waals surface area contributed by atoms with Crippen LogP contribution in [-0.4, -0.2) is 36.3 Å². The van der Waals surface area contributed by atoms with Gasteiger partial charge < -0.3 is 20.5 Å². The molecule has 0 amide bonds. The van der Waals surface area contributed by atoms with E-state index in [0.29, 0.717) is 18.5 Å². The van der Waals surface area contributed by atoms with E-state index in [1.165, 1.54) is 6.42 Å². The molecule has 1 aliphatic rings. The van der Waals surface area contributed by atoms with Crippen molar-refractivity contribution >= 4 is 5.96 Å². The number of rotatable bonds is 7. The first-order chi connectivity index (χ1) is 11.0. The molecule has 3 atom stereocenters. The second-order valence-corrected chi connectivity index (χ2v) is 6.43. The van der Waals surface area contributed by atoms with Crippen LogP contribution in [0.1, 0.15) is 45.8 Å². The van der Waals surface area contributed by atoms with E-state index in [1.54, 1.807) is 0 Å². The van der Waals surface area contributed by atoms with Gasteiger partial charge in [-0.05, 0) is 50.8 Å². The molecule has 0 saturated heterocycles. The molecular formula is C18H29N3O2. The lowest BCUT2D eigenvalue weighted by Gasteiger charge is -2.14. The Balaban J connectivity index is 1.90. The molecule has 1 aromatic carbocycles. The minimum Gasteiger partial charge on any atom is -0.491 e. The van der Waals surface area contributed by atoms with Crippen molar-refractivity contribution in [3.8, 4) is 5.75 Å². The molecular weight excluding hydrogens is 290 g/mol. The first kappa shape index (κ1) is 17.6. The van der Waals surface area contributed by atoms with Crippen molar-refractivity contribution in [3.63, 3.8) is 0 Å². The number of nitrogens with one attached hydrogen (secondary N) is 2. The van der Waals surface area contributed by atoms with Gasteiger partial charge in [-0.25, -0.2) is 0 Å². The Bertz CT molecular complexity index is 514. The number of aliphatic imine (C=N–C) groups is 1. The van der Waals surface area contributed by atoms with Gasteiger partial charge in [0, 0.05) is 12.6 Å². The third kappa shape index (κ3) is 5.75. The zero-order valence-electron chi connectivity index (χ0n) is 14.5. The molecule has 3 N–H and O–H groups in total. The minimum absolute atomic E-state index is 0.147. The van der Waals surface area contributed by atoms with Gasteiger partial charge in [0.25, 0.3) is 0 Å². The molecule has 0 aliphatic heterocycles. The Morgan fingerprint density at radius 2 is 2.00 bits per heavy atom. The van der Waals surface area contributed by atoms with Gasteiger partial charge in [-0.15, -0.1) is 0 Å². The summed E-state index contributed by atoms with van der Waals surface area (Å²) >= 11 is 0. The lowest BCUT2D eigenvalue weighted by atomic mass is 10.1. The number of guanidine groups is 1. The highest BCUT2D eigenvalue weighted by Crippen LogP contribution is 2.28. The average Bonchev–Trinajstić information content (AvgIpc) is 3.20. The van der Waals surface area contributed by atoms with Crippen LogP contribution in [0.25, 0.3) is 0 Å². The molecule has 0 spiro atoms. The third-order valence-electron chi connectivity index (χ3n) is 3.83. The SMILES string of the molecule is CCNC(=NCC(O)c1ccc(OC(C)C)cc1)NC1CC1C. The van der Waals surface area contributed by atoms with Crippen LogP contribution >= 0.6 is 0 Å². The molecule has 1 aliphatic carbocycles. The van der Waals surface area contributed by atoms with Crippen LogP contribution in [0.3, 0.4) is 0 Å². The van der Waals surface area contributed by atoms with E-state index in [2.05, 4.69) is 22.5 Å². The first-order valence-corrected chi connectivity index (χ1v) is 8.49. The fourth-order valence-corrected chi connectivity index (χ4v) is 2.34. The Labute approximate surface area is 139 Å². The van der Waals surface area contributed by atoms with Crippen molar-refractivity contribution in [2.75, 3.05) is 13.1 Å². The molecule has 3 unspecified atom stereocenters. The summed E-state index contributed by atoms with van der Waals surface area (Å²) in [6.07, 6.45) is 0.716. The predicted octanol–water partition coefficient (Wildman–Crippen LogP) is 2.47. The van der Waals surface area contributed by atoms with Gasteiger partial charge in [-0.3, -0.25) is 4.99 Å².